The van der Waals surface area contributed by atoms with E-state index in [1.807, 2.05) is 0 Å². The standard InChI is InChI=1S/C15H44N5O21P7.13Na/c21-42(22,23)9-16(1-3-17(10-43(24,25)26)5-7-19(12-45(30,31)32)13-46(33,34)35)2-4-18(11-44(27,28)29)6-8-20(14-47(36,37)38)15-48(39,40)41;;;;;;;;;;;;;/h1-15H2,(H2,21,22,23)(H2,24,25,26)(H2,27,28,29)(H2,30,31,32)(H2,33,34,35)(H2,36,37,38)(H2,39,40,41);;;;;;;;;;;;;. The van der Waals surface area contributed by atoms with Gasteiger partial charge in [-0.2, -0.15) is 0 Å². The van der Waals surface area contributed by atoms with Crippen molar-refractivity contribution in [3.05, 3.63) is 0 Å². The summed E-state index contributed by atoms with van der Waals surface area (Å²) in [4.78, 5) is 135. The van der Waals surface area contributed by atoms with Crippen molar-refractivity contribution in [1.82, 2.24) is 24.5 Å². The molecule has 0 saturated carbocycles. The average Bonchev–Trinajstić information content (AvgIpc) is 2.75. The van der Waals surface area contributed by atoms with Crippen LogP contribution in [-0.2, 0) is 32.0 Å². The zero-order valence-electron chi connectivity index (χ0n) is 38.1. The molecule has 0 rings (SSSR count). The van der Waals surface area contributed by atoms with Crippen molar-refractivity contribution in [3.63, 3.8) is 0 Å². The minimum absolute atomic E-state index is 0. The Morgan fingerprint density at radius 3 is 0.377 bits per heavy atom. The van der Waals surface area contributed by atoms with Crippen LogP contribution in [0.3, 0.4) is 0 Å². The van der Waals surface area contributed by atoms with E-state index in [2.05, 4.69) is 0 Å². The maximum absolute atomic E-state index is 11.8. The van der Waals surface area contributed by atoms with Gasteiger partial charge in [-0.3, -0.25) is 56.5 Å². The van der Waals surface area contributed by atoms with Gasteiger partial charge in [0.25, 0.3) is 0 Å². The summed E-state index contributed by atoms with van der Waals surface area (Å²) in [5.41, 5.74) is 0. The van der Waals surface area contributed by atoms with Crippen LogP contribution in [0.1, 0.15) is 0 Å². The molecule has 0 fully saturated rings. The first-order chi connectivity index (χ1) is 21.1. The predicted octanol–water partition coefficient (Wildman–Crippen LogP) is -8.51. The first-order valence-corrected chi connectivity index (χ1v) is 25.6. The second kappa shape index (κ2) is 53.2. The van der Waals surface area contributed by atoms with Crippen molar-refractivity contribution in [2.45, 2.75) is 0 Å². The Kier molecular flexibility index (Phi) is 96.1. The fraction of sp³-hybridized carbons (Fsp3) is 1.00. The van der Waals surface area contributed by atoms with E-state index in [0.29, 0.717) is 9.80 Å². The molecule has 0 atom stereocenters. The van der Waals surface area contributed by atoms with Gasteiger partial charge in [-0.25, -0.2) is 0 Å². The van der Waals surface area contributed by atoms with Crippen LogP contribution in [0.15, 0.2) is 0 Å². The molecular formula is C15H44N5Na13O21P7. The van der Waals surface area contributed by atoms with Gasteiger partial charge in [0.1, 0.15) is 44.0 Å². The molecule has 46 heteroatoms. The zero-order chi connectivity index (χ0) is 38.0. The predicted molar refractivity (Wildman–Crippen MR) is 241 cm³/mol. The summed E-state index contributed by atoms with van der Waals surface area (Å²) in [5, 5.41) is 0. The molecule has 0 aliphatic carbocycles. The maximum Gasteiger partial charge on any atom is 0.339 e. The Morgan fingerprint density at radius 2 is 0.279 bits per heavy atom. The Bertz CT molecular complexity index is 1240. The molecule has 0 aromatic carbocycles. The molecule has 0 aliphatic rings. The summed E-state index contributed by atoms with van der Waals surface area (Å²) < 4.78 is 81.0. The van der Waals surface area contributed by atoms with Gasteiger partial charge in [-0.15, -0.1) is 0 Å². The van der Waals surface area contributed by atoms with Gasteiger partial charge in [0.05, 0.1) is 0 Å². The summed E-state index contributed by atoms with van der Waals surface area (Å²) in [6, 6.07) is 0. The molecule has 0 saturated heterocycles. The molecule has 0 aliphatic heterocycles. The minimum atomic E-state index is -4.86. The molecular weight excluding hydrogens is 1100 g/mol. The summed E-state index contributed by atoms with van der Waals surface area (Å²) in [5.74, 6) is 0. The van der Waals surface area contributed by atoms with Gasteiger partial charge in [-0.05, 0) is 0 Å². The van der Waals surface area contributed by atoms with E-state index in [4.69, 9.17) is 0 Å². The summed E-state index contributed by atoms with van der Waals surface area (Å²) >= 11 is 0. The smallest absolute Gasteiger partial charge is 0.324 e. The molecule has 303 valence electrons. The van der Waals surface area contributed by atoms with Crippen molar-refractivity contribution >= 4 is 437 Å². The first-order valence-electron chi connectivity index (χ1n) is 13.0. The van der Waals surface area contributed by atoms with E-state index in [0.717, 1.165) is 14.7 Å². The molecule has 0 aromatic heterocycles. The second-order valence-electron chi connectivity index (χ2n) is 10.8. The molecule has 13 radical (unpaired) electrons. The third-order valence-electron chi connectivity index (χ3n) is 5.62. The topological polar surface area (TPSA) is 419 Å². The van der Waals surface area contributed by atoms with Crippen LogP contribution in [0.2, 0.25) is 0 Å². The van der Waals surface area contributed by atoms with Crippen molar-refractivity contribution in [2.75, 3.05) is 96.4 Å². The molecule has 0 spiro atoms. The second-order valence-corrected chi connectivity index (χ2v) is 22.1. The van der Waals surface area contributed by atoms with Crippen LogP contribution in [0.4, 0.5) is 0 Å². The molecule has 14 N–H and O–H groups in total. The van der Waals surface area contributed by atoms with Crippen molar-refractivity contribution in [3.8, 4) is 0 Å². The van der Waals surface area contributed by atoms with Crippen LogP contribution < -0.4 is 0 Å². The Balaban J connectivity index is -0.000000142. The van der Waals surface area contributed by atoms with Crippen LogP contribution in [0, 0.1) is 0 Å². The Labute approximate surface area is 643 Å². The van der Waals surface area contributed by atoms with Gasteiger partial charge < -0.3 is 68.5 Å². The van der Waals surface area contributed by atoms with Gasteiger partial charge in [0, 0.05) is 437 Å². The monoisotopic (exact) mass is 1150 g/mol. The average molecular weight is 1150 g/mol. The van der Waals surface area contributed by atoms with Crippen LogP contribution in [0.25, 0.3) is 0 Å². The third-order valence-corrected chi connectivity index (χ3v) is 11.0. The van der Waals surface area contributed by atoms with Crippen LogP contribution in [-0.4, -0.2) is 574 Å². The summed E-state index contributed by atoms with van der Waals surface area (Å²) in [7, 11) is -34.0. The third kappa shape index (κ3) is 80.4. The minimum Gasteiger partial charge on any atom is -0.324 e. The van der Waals surface area contributed by atoms with Crippen molar-refractivity contribution in [1.29, 1.82) is 0 Å². The normalized spacial score (nSPS) is 11.6. The largest absolute Gasteiger partial charge is 0.339 e. The molecule has 0 heterocycles. The van der Waals surface area contributed by atoms with Gasteiger partial charge >= 0.3 is 53.2 Å². The molecule has 0 unspecified atom stereocenters. The Morgan fingerprint density at radius 1 is 0.197 bits per heavy atom. The molecule has 0 bridgehead atoms. The van der Waals surface area contributed by atoms with E-state index >= 15 is 0 Å². The fourth-order valence-corrected chi connectivity index (χ4v) is 9.86. The van der Waals surface area contributed by atoms with Crippen LogP contribution in [0.5, 0.6) is 0 Å². The quantitative estimate of drug-likeness (QED) is 0.0282. The van der Waals surface area contributed by atoms with E-state index in [-0.39, 0.29) is 384 Å². The van der Waals surface area contributed by atoms with Gasteiger partial charge in [0.2, 0.25) is 0 Å². The number of hydrogen-bond acceptors (Lipinski definition) is 12. The first kappa shape index (κ1) is 110. The molecule has 61 heavy (non-hydrogen) atoms. The molecule has 26 nitrogen and oxygen atoms in total. The maximum atomic E-state index is 11.8. The number of nitrogens with zero attached hydrogens (tertiary/aromatic N) is 5. The Hall–Kier alpha value is 13.8. The van der Waals surface area contributed by atoms with Gasteiger partial charge in [-0.1, -0.05) is 0 Å². The van der Waals surface area contributed by atoms with Crippen LogP contribution >= 0.6 is 53.2 Å². The van der Waals surface area contributed by atoms with Crippen molar-refractivity contribution < 1.29 is 100 Å². The van der Waals surface area contributed by atoms with E-state index in [1.54, 1.807) is 0 Å². The van der Waals surface area contributed by atoms with Crippen molar-refractivity contribution in [2.24, 2.45) is 0 Å². The zero-order valence-corrected chi connectivity index (χ0v) is 70.4. The van der Waals surface area contributed by atoms with E-state index < -0.39 is 150 Å². The number of hydrogen-bond donors (Lipinski definition) is 14. The van der Waals surface area contributed by atoms with E-state index in [9.17, 15) is 100 Å². The number of rotatable bonds is 26. The van der Waals surface area contributed by atoms with Gasteiger partial charge in [0.15, 0.2) is 0 Å². The van der Waals surface area contributed by atoms with E-state index in [1.165, 1.54) is 0 Å². The summed E-state index contributed by atoms with van der Waals surface area (Å²) in [6.45, 7) is -3.65. The SMILES string of the molecule is O=P(O)(O)CN(CCN(CCN(CP(=O)(O)O)CP(=O)(O)O)CP(=O)(O)O)CCN(CCN(CP(=O)(O)O)CP(=O)(O)O)CP(=O)(O)O.[Na].[Na].[Na].[Na].[Na].[Na].[Na].[Na].[Na].[Na].[Na].[Na].[Na]. The fourth-order valence-electron chi connectivity index (χ4n) is 4.09. The molecule has 0 amide bonds. The summed E-state index contributed by atoms with van der Waals surface area (Å²) in [6.07, 6.45) is -7.50. The molecule has 0 aromatic rings.